The molecule has 0 bridgehead atoms. The number of anilines is 1. The van der Waals surface area contributed by atoms with Gasteiger partial charge >= 0.3 is 0 Å². The zero-order chi connectivity index (χ0) is 17.8. The zero-order valence-corrected chi connectivity index (χ0v) is 15.3. The van der Waals surface area contributed by atoms with Gasteiger partial charge in [0.25, 0.3) is 0 Å². The van der Waals surface area contributed by atoms with E-state index in [-0.39, 0.29) is 18.0 Å². The first kappa shape index (κ1) is 17.7. The van der Waals surface area contributed by atoms with Gasteiger partial charge in [0.1, 0.15) is 17.6 Å². The molecule has 1 unspecified atom stereocenters. The molecule has 0 aromatic heterocycles. The highest BCUT2D eigenvalue weighted by molar-refractivity contribution is 6.39. The van der Waals surface area contributed by atoms with Crippen molar-refractivity contribution in [2.75, 3.05) is 37.6 Å². The number of hydrogen-bond acceptors (Lipinski definition) is 6. The van der Waals surface area contributed by atoms with Gasteiger partial charge < -0.3 is 14.5 Å². The van der Waals surface area contributed by atoms with Crippen LogP contribution in [0.25, 0.3) is 0 Å². The molecule has 1 aromatic rings. The van der Waals surface area contributed by atoms with Crippen molar-refractivity contribution in [3.8, 4) is 5.75 Å². The quantitative estimate of drug-likeness (QED) is 0.792. The SMILES string of the molecule is CC(=O)C1=NOC(CN2CCN(c3ccccc3OC(C)C)CC2)C1. The van der Waals surface area contributed by atoms with Crippen LogP contribution in [-0.4, -0.2) is 61.3 Å². The highest BCUT2D eigenvalue weighted by Crippen LogP contribution is 2.29. The predicted octanol–water partition coefficient (Wildman–Crippen LogP) is 2.33. The van der Waals surface area contributed by atoms with Crippen molar-refractivity contribution in [3.05, 3.63) is 24.3 Å². The van der Waals surface area contributed by atoms with Crippen LogP contribution in [0.15, 0.2) is 29.4 Å². The van der Waals surface area contributed by atoms with E-state index in [2.05, 4.69) is 27.1 Å². The molecule has 3 rings (SSSR count). The Bertz CT molecular complexity index is 637. The van der Waals surface area contributed by atoms with Gasteiger partial charge in [0, 0.05) is 46.1 Å². The minimum Gasteiger partial charge on any atom is -0.489 e. The van der Waals surface area contributed by atoms with Crippen LogP contribution in [0.1, 0.15) is 27.2 Å². The summed E-state index contributed by atoms with van der Waals surface area (Å²) in [5.74, 6) is 0.957. The Morgan fingerprint density at radius 1 is 1.28 bits per heavy atom. The fraction of sp³-hybridized carbons (Fsp3) is 0.579. The Morgan fingerprint density at radius 2 is 2.00 bits per heavy atom. The zero-order valence-electron chi connectivity index (χ0n) is 15.3. The van der Waals surface area contributed by atoms with Gasteiger partial charge in [-0.3, -0.25) is 9.69 Å². The maximum Gasteiger partial charge on any atom is 0.177 e. The first-order chi connectivity index (χ1) is 12.0. The minimum absolute atomic E-state index is 0.00186. The Hall–Kier alpha value is -2.08. The molecule has 136 valence electrons. The van der Waals surface area contributed by atoms with E-state index >= 15 is 0 Å². The Morgan fingerprint density at radius 3 is 2.64 bits per heavy atom. The van der Waals surface area contributed by atoms with Crippen molar-refractivity contribution >= 4 is 17.2 Å². The standard InChI is InChI=1S/C19H27N3O3/c1-14(2)24-19-7-5-4-6-18(19)22-10-8-21(9-11-22)13-16-12-17(15(3)23)20-25-16/h4-7,14,16H,8-13H2,1-3H3. The molecule has 0 spiro atoms. The minimum atomic E-state index is 0.00186. The lowest BCUT2D eigenvalue weighted by atomic mass is 10.1. The smallest absolute Gasteiger partial charge is 0.177 e. The maximum atomic E-state index is 11.3. The summed E-state index contributed by atoms with van der Waals surface area (Å²) in [7, 11) is 0. The fourth-order valence-corrected chi connectivity index (χ4v) is 3.27. The molecule has 2 aliphatic heterocycles. The van der Waals surface area contributed by atoms with Crippen LogP contribution in [0.2, 0.25) is 0 Å². The second kappa shape index (κ2) is 7.87. The van der Waals surface area contributed by atoms with Crippen molar-refractivity contribution in [1.82, 2.24) is 4.90 Å². The summed E-state index contributed by atoms with van der Waals surface area (Å²) < 4.78 is 5.94. The normalized spacial score (nSPS) is 21.2. The van der Waals surface area contributed by atoms with Gasteiger partial charge in [0.05, 0.1) is 11.8 Å². The molecule has 0 aliphatic carbocycles. The van der Waals surface area contributed by atoms with E-state index in [0.717, 1.165) is 44.2 Å². The molecule has 0 radical (unpaired) electrons. The third-order valence-electron chi connectivity index (χ3n) is 4.54. The van der Waals surface area contributed by atoms with E-state index in [1.807, 2.05) is 26.0 Å². The molecule has 1 aromatic carbocycles. The number of para-hydroxylation sites is 2. The van der Waals surface area contributed by atoms with E-state index in [1.165, 1.54) is 0 Å². The predicted molar refractivity (Wildman–Crippen MR) is 98.5 cm³/mol. The molecule has 6 heteroatoms. The second-order valence-corrected chi connectivity index (χ2v) is 6.95. The van der Waals surface area contributed by atoms with Crippen molar-refractivity contribution < 1.29 is 14.4 Å². The fourth-order valence-electron chi connectivity index (χ4n) is 3.27. The van der Waals surface area contributed by atoms with Crippen LogP contribution >= 0.6 is 0 Å². The molecule has 1 fully saturated rings. The van der Waals surface area contributed by atoms with Gasteiger partial charge in [-0.05, 0) is 26.0 Å². The third kappa shape index (κ3) is 4.51. The number of hydrogen-bond donors (Lipinski definition) is 0. The van der Waals surface area contributed by atoms with Crippen molar-refractivity contribution in [3.63, 3.8) is 0 Å². The summed E-state index contributed by atoms with van der Waals surface area (Å²) in [5, 5.41) is 3.90. The molecule has 1 saturated heterocycles. The van der Waals surface area contributed by atoms with Crippen LogP contribution in [0, 0.1) is 0 Å². The number of piperazine rings is 1. The second-order valence-electron chi connectivity index (χ2n) is 6.95. The van der Waals surface area contributed by atoms with Gasteiger partial charge in [-0.1, -0.05) is 17.3 Å². The topological polar surface area (TPSA) is 54.4 Å². The first-order valence-corrected chi connectivity index (χ1v) is 8.99. The van der Waals surface area contributed by atoms with Crippen LogP contribution in [0.4, 0.5) is 5.69 Å². The molecular formula is C19H27N3O3. The summed E-state index contributed by atoms with van der Waals surface area (Å²) in [5.41, 5.74) is 1.72. The lowest BCUT2D eigenvalue weighted by Crippen LogP contribution is -2.48. The molecule has 6 nitrogen and oxygen atoms in total. The van der Waals surface area contributed by atoms with Gasteiger partial charge in [0.2, 0.25) is 0 Å². The molecule has 0 saturated carbocycles. The van der Waals surface area contributed by atoms with Crippen molar-refractivity contribution in [1.29, 1.82) is 0 Å². The van der Waals surface area contributed by atoms with Gasteiger partial charge in [-0.2, -0.15) is 0 Å². The summed E-state index contributed by atoms with van der Waals surface area (Å²) in [6, 6.07) is 8.23. The molecule has 1 atom stereocenters. The summed E-state index contributed by atoms with van der Waals surface area (Å²) in [4.78, 5) is 21.5. The highest BCUT2D eigenvalue weighted by atomic mass is 16.6. The maximum absolute atomic E-state index is 11.3. The van der Waals surface area contributed by atoms with E-state index in [1.54, 1.807) is 6.92 Å². The van der Waals surface area contributed by atoms with E-state index < -0.39 is 0 Å². The average molecular weight is 345 g/mol. The van der Waals surface area contributed by atoms with Crippen molar-refractivity contribution in [2.45, 2.75) is 39.4 Å². The molecule has 2 heterocycles. The third-order valence-corrected chi connectivity index (χ3v) is 4.54. The number of carbonyl (C=O) groups excluding carboxylic acids is 1. The summed E-state index contributed by atoms with van der Waals surface area (Å²) in [6.45, 7) is 10.3. The Balaban J connectivity index is 1.52. The largest absolute Gasteiger partial charge is 0.489 e. The van der Waals surface area contributed by atoms with E-state index in [9.17, 15) is 4.79 Å². The Kier molecular flexibility index (Phi) is 5.58. The number of oxime groups is 1. The molecular weight excluding hydrogens is 318 g/mol. The molecule has 0 N–H and O–H groups in total. The van der Waals surface area contributed by atoms with Crippen molar-refractivity contribution in [2.24, 2.45) is 5.16 Å². The van der Waals surface area contributed by atoms with E-state index in [4.69, 9.17) is 9.57 Å². The van der Waals surface area contributed by atoms with Gasteiger partial charge in [0.15, 0.2) is 5.78 Å². The molecule has 0 amide bonds. The van der Waals surface area contributed by atoms with Gasteiger partial charge in [-0.15, -0.1) is 0 Å². The number of rotatable bonds is 6. The monoisotopic (exact) mass is 345 g/mol. The lowest BCUT2D eigenvalue weighted by Gasteiger charge is -2.37. The number of carbonyl (C=O) groups is 1. The highest BCUT2D eigenvalue weighted by Gasteiger charge is 2.28. The number of nitrogens with zero attached hydrogens (tertiary/aromatic N) is 3. The summed E-state index contributed by atoms with van der Waals surface area (Å²) in [6.07, 6.45) is 0.792. The van der Waals surface area contributed by atoms with Crippen LogP contribution < -0.4 is 9.64 Å². The Labute approximate surface area is 149 Å². The van der Waals surface area contributed by atoms with Crippen LogP contribution in [0.5, 0.6) is 5.75 Å². The lowest BCUT2D eigenvalue weighted by molar-refractivity contribution is -0.111. The number of ether oxygens (including phenoxy) is 1. The number of Topliss-reactive ketones (excluding diaryl/α,β-unsaturated/α-hetero) is 1. The van der Waals surface area contributed by atoms with Gasteiger partial charge in [-0.25, -0.2) is 0 Å². The first-order valence-electron chi connectivity index (χ1n) is 8.99. The molecule has 25 heavy (non-hydrogen) atoms. The number of ketones is 1. The van der Waals surface area contributed by atoms with Crippen LogP contribution in [-0.2, 0) is 9.63 Å². The molecule has 2 aliphatic rings. The number of benzene rings is 1. The summed E-state index contributed by atoms with van der Waals surface area (Å²) >= 11 is 0. The van der Waals surface area contributed by atoms with Crippen LogP contribution in [0.3, 0.4) is 0 Å². The average Bonchev–Trinajstić information content (AvgIpc) is 3.04. The van der Waals surface area contributed by atoms with E-state index in [0.29, 0.717) is 12.1 Å².